The number of likely N-dealkylation sites (tertiary alicyclic amines) is 1. The van der Waals surface area contributed by atoms with E-state index < -0.39 is 18.0 Å². The van der Waals surface area contributed by atoms with Gasteiger partial charge in [-0.25, -0.2) is 0 Å². The average Bonchev–Trinajstić information content (AvgIpc) is 2.85. The maximum atomic E-state index is 13.5. The van der Waals surface area contributed by atoms with E-state index in [1.54, 1.807) is 35.2 Å². The highest BCUT2D eigenvalue weighted by molar-refractivity contribution is 5.79. The number of hydrogen-bond donors (Lipinski definition) is 1. The molecule has 176 valence electrons. The van der Waals surface area contributed by atoms with Crippen LogP contribution in [0.5, 0.6) is 17.2 Å². The highest BCUT2D eigenvalue weighted by Gasteiger charge is 2.50. The quantitative estimate of drug-likeness (QED) is 0.415. The molecule has 1 heterocycles. The molecule has 0 spiro atoms. The lowest BCUT2D eigenvalue weighted by Gasteiger charge is -2.41. The fourth-order valence-corrected chi connectivity index (χ4v) is 4.62. The zero-order valence-corrected chi connectivity index (χ0v) is 19.0. The number of hydrogen-bond acceptors (Lipinski definition) is 6. The Hall–Kier alpha value is -4.07. The summed E-state index contributed by atoms with van der Waals surface area (Å²) in [4.78, 5) is 27.3. The molecule has 3 aromatic carbocycles. The third-order valence-electron chi connectivity index (χ3n) is 6.26. The van der Waals surface area contributed by atoms with Gasteiger partial charge in [0, 0.05) is 24.0 Å². The molecule has 1 fully saturated rings. The molecule has 3 atom stereocenters. The Balaban J connectivity index is 1.83. The van der Waals surface area contributed by atoms with E-state index in [2.05, 4.69) is 0 Å². The molecule has 0 unspecified atom stereocenters. The van der Waals surface area contributed by atoms with Gasteiger partial charge < -0.3 is 19.5 Å². The van der Waals surface area contributed by atoms with Gasteiger partial charge in [-0.3, -0.25) is 14.9 Å². The van der Waals surface area contributed by atoms with Crippen molar-refractivity contribution in [2.45, 2.75) is 31.0 Å². The minimum atomic E-state index is -1.12. The molecule has 1 aliphatic rings. The Morgan fingerprint density at radius 1 is 0.971 bits per heavy atom. The molecule has 4 rings (SSSR count). The summed E-state index contributed by atoms with van der Waals surface area (Å²) < 4.78 is 10.7. The lowest BCUT2D eigenvalue weighted by atomic mass is 9.78. The molecule has 8 heteroatoms. The van der Waals surface area contributed by atoms with E-state index >= 15 is 0 Å². The number of benzene rings is 3. The topological polar surface area (TPSA) is 102 Å². The molecule has 0 saturated carbocycles. The van der Waals surface area contributed by atoms with Crippen molar-refractivity contribution in [3.8, 4) is 17.2 Å². The number of carbonyl (C=O) groups excluding carboxylic acids is 1. The number of aromatic hydroxyl groups is 1. The van der Waals surface area contributed by atoms with Crippen molar-refractivity contribution in [3.63, 3.8) is 0 Å². The Morgan fingerprint density at radius 3 is 2.15 bits per heavy atom. The molecule has 34 heavy (non-hydrogen) atoms. The summed E-state index contributed by atoms with van der Waals surface area (Å²) in [6.45, 7) is 0.240. The van der Waals surface area contributed by atoms with Crippen molar-refractivity contribution in [3.05, 3.63) is 99.6 Å². The summed E-state index contributed by atoms with van der Waals surface area (Å²) in [6, 6.07) is 18.8. The Morgan fingerprint density at radius 2 is 1.59 bits per heavy atom. The lowest BCUT2D eigenvalue weighted by molar-refractivity contribution is -0.537. The summed E-state index contributed by atoms with van der Waals surface area (Å²) >= 11 is 0. The molecule has 1 saturated heterocycles. The maximum Gasteiger partial charge on any atom is 0.244 e. The van der Waals surface area contributed by atoms with Gasteiger partial charge in [-0.15, -0.1) is 0 Å². The van der Waals surface area contributed by atoms with Crippen molar-refractivity contribution >= 4 is 5.91 Å². The van der Waals surface area contributed by atoms with Crippen molar-refractivity contribution in [2.24, 2.45) is 0 Å². The largest absolute Gasteiger partial charge is 0.508 e. The Kier molecular flexibility index (Phi) is 6.67. The Bertz CT molecular complexity index is 1140. The number of piperidine rings is 1. The van der Waals surface area contributed by atoms with E-state index in [0.29, 0.717) is 22.6 Å². The van der Waals surface area contributed by atoms with Crippen LogP contribution in [0.25, 0.3) is 0 Å². The highest BCUT2D eigenvalue weighted by Crippen LogP contribution is 2.44. The number of nitrogens with zero attached hydrogens (tertiary/aromatic N) is 2. The van der Waals surface area contributed by atoms with Crippen LogP contribution in [0.2, 0.25) is 0 Å². The molecule has 0 aromatic heterocycles. The van der Waals surface area contributed by atoms with Crippen molar-refractivity contribution in [1.82, 2.24) is 4.90 Å². The predicted octanol–water partition coefficient (Wildman–Crippen LogP) is 4.31. The van der Waals surface area contributed by atoms with E-state index in [9.17, 15) is 20.0 Å². The van der Waals surface area contributed by atoms with Gasteiger partial charge >= 0.3 is 0 Å². The first kappa shape index (κ1) is 23.1. The molecular weight excluding hydrogens is 436 g/mol. The molecule has 1 amide bonds. The van der Waals surface area contributed by atoms with Crippen LogP contribution < -0.4 is 9.47 Å². The number of rotatable bonds is 7. The minimum absolute atomic E-state index is 0.0244. The van der Waals surface area contributed by atoms with Crippen LogP contribution in [0.1, 0.15) is 35.1 Å². The van der Waals surface area contributed by atoms with Crippen LogP contribution in [0.3, 0.4) is 0 Å². The van der Waals surface area contributed by atoms with Crippen LogP contribution in [0, 0.1) is 10.1 Å². The second-order valence-electron chi connectivity index (χ2n) is 8.28. The minimum Gasteiger partial charge on any atom is -0.508 e. The highest BCUT2D eigenvalue weighted by atomic mass is 16.6. The van der Waals surface area contributed by atoms with Gasteiger partial charge in [0.05, 0.1) is 20.1 Å². The number of methoxy groups -OCH3 is 2. The van der Waals surface area contributed by atoms with E-state index in [-0.39, 0.29) is 29.5 Å². The molecule has 8 nitrogen and oxygen atoms in total. The van der Waals surface area contributed by atoms with Crippen molar-refractivity contribution < 1.29 is 24.3 Å². The second-order valence-corrected chi connectivity index (χ2v) is 8.28. The summed E-state index contributed by atoms with van der Waals surface area (Å²) in [5, 5.41) is 22.3. The number of phenolic OH excluding ortho intramolecular Hbond substituents is 1. The third kappa shape index (κ3) is 4.66. The number of amides is 1. The second kappa shape index (κ2) is 9.82. The van der Waals surface area contributed by atoms with Crippen LogP contribution in [-0.4, -0.2) is 41.1 Å². The fourth-order valence-electron chi connectivity index (χ4n) is 4.62. The smallest absolute Gasteiger partial charge is 0.244 e. The van der Waals surface area contributed by atoms with Gasteiger partial charge in [0.2, 0.25) is 11.9 Å². The molecule has 3 aromatic rings. The summed E-state index contributed by atoms with van der Waals surface area (Å²) in [5.41, 5.74) is 2.07. The van der Waals surface area contributed by atoms with Gasteiger partial charge in [0.25, 0.3) is 0 Å². The van der Waals surface area contributed by atoms with E-state index in [1.165, 1.54) is 26.4 Å². The fraction of sp³-hybridized carbons (Fsp3) is 0.269. The first-order valence-corrected chi connectivity index (χ1v) is 10.9. The summed E-state index contributed by atoms with van der Waals surface area (Å²) in [6.07, 6.45) is -0.0244. The van der Waals surface area contributed by atoms with Crippen molar-refractivity contribution in [2.75, 3.05) is 14.2 Å². The van der Waals surface area contributed by atoms with Gasteiger partial charge in [-0.1, -0.05) is 42.5 Å². The number of phenols is 1. The number of carbonyl (C=O) groups is 1. The molecule has 1 N–H and O–H groups in total. The van der Waals surface area contributed by atoms with E-state index in [0.717, 1.165) is 5.56 Å². The molecule has 0 aliphatic carbocycles. The normalized spacial score (nSPS) is 20.1. The lowest BCUT2D eigenvalue weighted by Crippen LogP contribution is -2.51. The van der Waals surface area contributed by atoms with Crippen molar-refractivity contribution in [1.29, 1.82) is 0 Å². The van der Waals surface area contributed by atoms with Crippen LogP contribution in [-0.2, 0) is 11.3 Å². The predicted molar refractivity (Wildman–Crippen MR) is 126 cm³/mol. The molecule has 0 bridgehead atoms. The Labute approximate surface area is 197 Å². The third-order valence-corrected chi connectivity index (χ3v) is 6.26. The van der Waals surface area contributed by atoms with E-state index in [1.807, 2.05) is 30.3 Å². The van der Waals surface area contributed by atoms with Gasteiger partial charge in [0.15, 0.2) is 0 Å². The average molecular weight is 463 g/mol. The first-order valence-electron chi connectivity index (χ1n) is 10.9. The van der Waals surface area contributed by atoms with E-state index in [4.69, 9.17) is 9.47 Å². The zero-order valence-electron chi connectivity index (χ0n) is 19.0. The monoisotopic (exact) mass is 462 g/mol. The maximum absolute atomic E-state index is 13.5. The molecular formula is C26H26N2O6. The first-order chi connectivity index (χ1) is 16.4. The number of nitro groups is 1. The SMILES string of the molecule is COc1cc(OC)cc([C@@H]2CC(=O)N(Cc3ccccc3)[C@H](c3ccc(O)cc3)[C@H]2[N+](=O)[O-])c1. The zero-order chi connectivity index (χ0) is 24.2. The van der Waals surface area contributed by atoms with Crippen LogP contribution >= 0.6 is 0 Å². The molecule has 1 aliphatic heterocycles. The standard InChI is InChI=1S/C26H26N2O6/c1-33-21-12-19(13-22(14-21)34-2)23-15-24(30)27(16-17-6-4-3-5-7-17)25(26(23)28(31)32)18-8-10-20(29)11-9-18/h3-14,23,25-26,29H,15-16H2,1-2H3/t23-,25+,26-/m0/s1. The summed E-state index contributed by atoms with van der Waals surface area (Å²) in [7, 11) is 3.02. The van der Waals surface area contributed by atoms with Crippen LogP contribution in [0.15, 0.2) is 72.8 Å². The van der Waals surface area contributed by atoms with Gasteiger partial charge in [-0.05, 0) is 41.0 Å². The number of ether oxygens (including phenoxy) is 2. The van der Waals surface area contributed by atoms with Crippen LogP contribution in [0.4, 0.5) is 0 Å². The van der Waals surface area contributed by atoms with Gasteiger partial charge in [-0.2, -0.15) is 0 Å². The summed E-state index contributed by atoms with van der Waals surface area (Å²) in [5.74, 6) is 0.157. The molecule has 0 radical (unpaired) electrons. The van der Waals surface area contributed by atoms with Gasteiger partial charge in [0.1, 0.15) is 23.3 Å².